The summed E-state index contributed by atoms with van der Waals surface area (Å²) in [5, 5.41) is 0. The molecule has 0 N–H and O–H groups in total. The van der Waals surface area contributed by atoms with E-state index in [4.69, 9.17) is 9.47 Å². The average molecular weight is 320 g/mol. The predicted molar refractivity (Wildman–Crippen MR) is 85.9 cm³/mol. The number of rotatable bonds is 8. The van der Waals surface area contributed by atoms with Gasteiger partial charge in [-0.2, -0.15) is 0 Å². The first-order chi connectivity index (χ1) is 10.9. The standard InChI is InChI=1S/C18H24O5/c1-5-22-16(20)12-18(14(4)19,17(21)23-6-2)11-15-9-7-13(3)8-10-15/h7-10H,5-6,11-12H2,1-4H3. The smallest absolute Gasteiger partial charge is 0.320 e. The maximum Gasteiger partial charge on any atom is 0.320 e. The molecule has 5 heteroatoms. The molecule has 1 atom stereocenters. The summed E-state index contributed by atoms with van der Waals surface area (Å²) in [5.74, 6) is -1.66. The zero-order valence-corrected chi connectivity index (χ0v) is 14.2. The fourth-order valence-electron chi connectivity index (χ4n) is 2.38. The van der Waals surface area contributed by atoms with Crippen molar-refractivity contribution < 1.29 is 23.9 Å². The van der Waals surface area contributed by atoms with Crippen molar-refractivity contribution in [3.05, 3.63) is 35.4 Å². The van der Waals surface area contributed by atoms with E-state index in [1.807, 2.05) is 31.2 Å². The fraction of sp³-hybridized carbons (Fsp3) is 0.500. The van der Waals surface area contributed by atoms with E-state index in [0.29, 0.717) is 0 Å². The zero-order chi connectivity index (χ0) is 17.5. The summed E-state index contributed by atoms with van der Waals surface area (Å²) >= 11 is 0. The molecule has 5 nitrogen and oxygen atoms in total. The van der Waals surface area contributed by atoms with Gasteiger partial charge in [0.1, 0.15) is 11.2 Å². The summed E-state index contributed by atoms with van der Waals surface area (Å²) in [6.07, 6.45) is -0.205. The summed E-state index contributed by atoms with van der Waals surface area (Å²) in [7, 11) is 0. The maximum atomic E-state index is 12.5. The Morgan fingerprint density at radius 1 is 1.00 bits per heavy atom. The Morgan fingerprint density at radius 2 is 1.57 bits per heavy atom. The lowest BCUT2D eigenvalue weighted by molar-refractivity contribution is -0.166. The Balaban J connectivity index is 3.19. The third kappa shape index (κ3) is 4.91. The van der Waals surface area contributed by atoms with Gasteiger partial charge in [0.2, 0.25) is 0 Å². The number of Topliss-reactive ketones (excluding diaryl/α,β-unsaturated/α-hetero) is 1. The van der Waals surface area contributed by atoms with Gasteiger partial charge >= 0.3 is 11.9 Å². The molecule has 0 spiro atoms. The predicted octanol–water partition coefficient (Wildman–Crippen LogP) is 2.63. The van der Waals surface area contributed by atoms with Crippen LogP contribution in [0.1, 0.15) is 38.3 Å². The highest BCUT2D eigenvalue weighted by molar-refractivity contribution is 6.05. The van der Waals surface area contributed by atoms with Crippen molar-refractivity contribution in [1.82, 2.24) is 0 Å². The Hall–Kier alpha value is -2.17. The van der Waals surface area contributed by atoms with Crippen LogP contribution in [0.25, 0.3) is 0 Å². The van der Waals surface area contributed by atoms with E-state index >= 15 is 0 Å². The second kappa shape index (κ2) is 8.46. The van der Waals surface area contributed by atoms with Gasteiger partial charge in [0.05, 0.1) is 19.6 Å². The van der Waals surface area contributed by atoms with Gasteiger partial charge in [-0.15, -0.1) is 0 Å². The van der Waals surface area contributed by atoms with Gasteiger partial charge in [0, 0.05) is 0 Å². The van der Waals surface area contributed by atoms with E-state index in [-0.39, 0.29) is 26.1 Å². The third-order valence-corrected chi connectivity index (χ3v) is 3.72. The zero-order valence-electron chi connectivity index (χ0n) is 14.2. The third-order valence-electron chi connectivity index (χ3n) is 3.72. The van der Waals surface area contributed by atoms with Crippen LogP contribution in [-0.4, -0.2) is 30.9 Å². The largest absolute Gasteiger partial charge is 0.466 e. The van der Waals surface area contributed by atoms with Crippen LogP contribution in [0.2, 0.25) is 0 Å². The molecule has 0 fully saturated rings. The van der Waals surface area contributed by atoms with Crippen LogP contribution in [0.15, 0.2) is 24.3 Å². The van der Waals surface area contributed by atoms with E-state index in [1.165, 1.54) is 6.92 Å². The number of aryl methyl sites for hydroxylation is 1. The SMILES string of the molecule is CCOC(=O)CC(Cc1ccc(C)cc1)(C(C)=O)C(=O)OCC. The monoisotopic (exact) mass is 320 g/mol. The lowest BCUT2D eigenvalue weighted by atomic mass is 9.75. The van der Waals surface area contributed by atoms with E-state index in [2.05, 4.69) is 0 Å². The van der Waals surface area contributed by atoms with Crippen LogP contribution in [0.5, 0.6) is 0 Å². The quantitative estimate of drug-likeness (QED) is 0.544. The van der Waals surface area contributed by atoms with Crippen LogP contribution in [0, 0.1) is 12.3 Å². The van der Waals surface area contributed by atoms with Gasteiger partial charge in [0.25, 0.3) is 0 Å². The Kier molecular flexibility index (Phi) is 6.94. The molecule has 126 valence electrons. The molecule has 1 rings (SSSR count). The minimum absolute atomic E-state index is 0.111. The van der Waals surface area contributed by atoms with Crippen LogP contribution < -0.4 is 0 Å². The van der Waals surface area contributed by atoms with Crippen molar-refractivity contribution in [1.29, 1.82) is 0 Å². The number of hydrogen-bond acceptors (Lipinski definition) is 5. The number of ketones is 1. The average Bonchev–Trinajstić information content (AvgIpc) is 2.49. The first kappa shape index (κ1) is 18.9. The minimum Gasteiger partial charge on any atom is -0.466 e. The Bertz CT molecular complexity index is 561. The highest BCUT2D eigenvalue weighted by Crippen LogP contribution is 2.31. The van der Waals surface area contributed by atoms with Gasteiger partial charge in [-0.3, -0.25) is 14.4 Å². The molecule has 0 aliphatic rings. The van der Waals surface area contributed by atoms with Crippen LogP contribution in [0.4, 0.5) is 0 Å². The van der Waals surface area contributed by atoms with E-state index < -0.39 is 23.1 Å². The van der Waals surface area contributed by atoms with Crippen molar-refractivity contribution in [2.24, 2.45) is 5.41 Å². The van der Waals surface area contributed by atoms with Crippen molar-refractivity contribution in [3.63, 3.8) is 0 Å². The van der Waals surface area contributed by atoms with Gasteiger partial charge in [-0.1, -0.05) is 29.8 Å². The first-order valence-electron chi connectivity index (χ1n) is 7.75. The van der Waals surface area contributed by atoms with Crippen LogP contribution in [-0.2, 0) is 30.3 Å². The summed E-state index contributed by atoms with van der Waals surface area (Å²) in [6.45, 7) is 6.94. The van der Waals surface area contributed by atoms with Crippen molar-refractivity contribution >= 4 is 17.7 Å². The number of carbonyl (C=O) groups is 3. The van der Waals surface area contributed by atoms with Gasteiger partial charge in [-0.05, 0) is 39.7 Å². The molecule has 1 unspecified atom stereocenters. The molecule has 0 aliphatic heterocycles. The summed E-state index contributed by atoms with van der Waals surface area (Å²) < 4.78 is 10.0. The van der Waals surface area contributed by atoms with Crippen molar-refractivity contribution in [2.45, 2.75) is 40.5 Å². The molecule has 0 bridgehead atoms. The van der Waals surface area contributed by atoms with E-state index in [1.54, 1.807) is 13.8 Å². The number of hydrogen-bond donors (Lipinski definition) is 0. The molecule has 0 amide bonds. The highest BCUT2D eigenvalue weighted by Gasteiger charge is 2.47. The molecule has 23 heavy (non-hydrogen) atoms. The van der Waals surface area contributed by atoms with Gasteiger partial charge in [-0.25, -0.2) is 0 Å². The Morgan fingerprint density at radius 3 is 2.04 bits per heavy atom. The molecule has 0 aliphatic carbocycles. The number of benzene rings is 1. The number of ether oxygens (including phenoxy) is 2. The van der Waals surface area contributed by atoms with Crippen LogP contribution >= 0.6 is 0 Å². The molecular weight excluding hydrogens is 296 g/mol. The topological polar surface area (TPSA) is 69.7 Å². The first-order valence-corrected chi connectivity index (χ1v) is 7.75. The highest BCUT2D eigenvalue weighted by atomic mass is 16.5. The fourth-order valence-corrected chi connectivity index (χ4v) is 2.38. The lowest BCUT2D eigenvalue weighted by Crippen LogP contribution is -2.43. The van der Waals surface area contributed by atoms with Gasteiger partial charge in [0.15, 0.2) is 0 Å². The summed E-state index contributed by atoms with van der Waals surface area (Å²) in [6, 6.07) is 7.49. The molecule has 1 aromatic carbocycles. The molecule has 0 aromatic heterocycles. The Labute approximate surface area is 137 Å². The molecule has 0 saturated heterocycles. The molecule has 1 aromatic rings. The van der Waals surface area contributed by atoms with Crippen LogP contribution in [0.3, 0.4) is 0 Å². The maximum absolute atomic E-state index is 12.5. The van der Waals surface area contributed by atoms with Gasteiger partial charge < -0.3 is 9.47 Å². The van der Waals surface area contributed by atoms with E-state index in [9.17, 15) is 14.4 Å². The summed E-state index contributed by atoms with van der Waals surface area (Å²) in [5.41, 5.74) is 0.323. The minimum atomic E-state index is -1.54. The van der Waals surface area contributed by atoms with Crippen molar-refractivity contribution in [3.8, 4) is 0 Å². The second-order valence-corrected chi connectivity index (χ2v) is 5.50. The number of carbonyl (C=O) groups excluding carboxylic acids is 3. The van der Waals surface area contributed by atoms with E-state index in [0.717, 1.165) is 11.1 Å². The second-order valence-electron chi connectivity index (χ2n) is 5.50. The number of esters is 2. The molecule has 0 radical (unpaired) electrons. The van der Waals surface area contributed by atoms with Crippen molar-refractivity contribution in [2.75, 3.05) is 13.2 Å². The summed E-state index contributed by atoms with van der Waals surface area (Å²) in [4.78, 5) is 36.7. The molecular formula is C18H24O5. The molecule has 0 saturated carbocycles. The lowest BCUT2D eigenvalue weighted by Gasteiger charge is -2.28. The molecule has 0 heterocycles. The normalized spacial score (nSPS) is 13.0.